The molecule has 0 aliphatic carbocycles. The van der Waals surface area contributed by atoms with Gasteiger partial charge >= 0.3 is 8.32 Å². The molecule has 1 aliphatic heterocycles. The van der Waals surface area contributed by atoms with E-state index in [1.807, 2.05) is 19.2 Å². The fraction of sp³-hybridized carbons (Fsp3) is 0.611. The van der Waals surface area contributed by atoms with Gasteiger partial charge in [0.1, 0.15) is 0 Å². The molecule has 23 heavy (non-hydrogen) atoms. The Morgan fingerprint density at radius 1 is 1.22 bits per heavy atom. The normalized spacial score (nSPS) is 25.5. The molecule has 2 rings (SSSR count). The molecule has 0 bridgehead atoms. The van der Waals surface area contributed by atoms with Crippen molar-refractivity contribution in [2.45, 2.75) is 64.0 Å². The van der Waals surface area contributed by atoms with E-state index in [-0.39, 0.29) is 11.0 Å². The number of ether oxygens (including phenoxy) is 1. The number of nitrogens with zero attached hydrogens (tertiary/aromatic N) is 1. The van der Waals surface area contributed by atoms with Crippen molar-refractivity contribution in [2.75, 3.05) is 7.11 Å². The number of hydrogen-bond acceptors (Lipinski definition) is 3. The summed E-state index contributed by atoms with van der Waals surface area (Å²) in [4.78, 5) is 7.53. The third-order valence-electron chi connectivity index (χ3n) is 4.96. The summed E-state index contributed by atoms with van der Waals surface area (Å²) in [5.74, 6) is -0.503. The molecule has 1 aromatic rings. The predicted molar refractivity (Wildman–Crippen MR) is 94.9 cm³/mol. The summed E-state index contributed by atoms with van der Waals surface area (Å²) in [5.41, 5.74) is 1.24. The van der Waals surface area contributed by atoms with Crippen molar-refractivity contribution in [3.63, 3.8) is 0 Å². The lowest BCUT2D eigenvalue weighted by Gasteiger charge is -2.34. The number of hydrogen-bond donors (Lipinski definition) is 0. The summed E-state index contributed by atoms with van der Waals surface area (Å²) in [6, 6.07) is 10.4. The molecule has 0 saturated carbocycles. The second kappa shape index (κ2) is 6.28. The zero-order valence-corrected chi connectivity index (χ0v) is 16.4. The van der Waals surface area contributed by atoms with Crippen molar-refractivity contribution in [3.05, 3.63) is 35.9 Å². The van der Waals surface area contributed by atoms with Crippen molar-refractivity contribution in [3.8, 4) is 0 Å². The minimum Gasteiger partial charge on any atom is -0.339 e. The topological polar surface area (TPSA) is 30.7 Å². The molecule has 0 saturated heterocycles. The van der Waals surface area contributed by atoms with E-state index in [4.69, 9.17) is 14.1 Å². The van der Waals surface area contributed by atoms with Crippen LogP contribution in [0.15, 0.2) is 30.3 Å². The van der Waals surface area contributed by atoms with Crippen LogP contribution in [-0.4, -0.2) is 32.3 Å². The second-order valence-corrected chi connectivity index (χ2v) is 12.6. The van der Waals surface area contributed by atoms with E-state index in [2.05, 4.69) is 58.1 Å². The highest BCUT2D eigenvalue weighted by Crippen LogP contribution is 2.38. The number of benzene rings is 1. The van der Waals surface area contributed by atoms with Gasteiger partial charge in [-0.05, 0) is 23.7 Å². The number of rotatable bonds is 4. The summed E-state index contributed by atoms with van der Waals surface area (Å²) in [7, 11) is -0.306. The van der Waals surface area contributed by atoms with E-state index in [1.54, 1.807) is 12.0 Å². The lowest BCUT2D eigenvalue weighted by atomic mass is 9.92. The molecular formula is C18H30NO3Si+. The summed E-state index contributed by atoms with van der Waals surface area (Å²) in [5, 5.41) is 0.105. The van der Waals surface area contributed by atoms with Crippen LogP contribution in [0.4, 0.5) is 0 Å². The molecule has 0 fully saturated rings. The monoisotopic (exact) mass is 336 g/mol. The molecule has 128 valence electrons. The van der Waals surface area contributed by atoms with Crippen molar-refractivity contribution < 1.29 is 19.0 Å². The van der Waals surface area contributed by atoms with Gasteiger partial charge in [0.15, 0.2) is 4.90 Å². The molecule has 1 aromatic carbocycles. The van der Waals surface area contributed by atoms with Gasteiger partial charge in [0.25, 0.3) is 12.0 Å². The summed E-state index contributed by atoms with van der Waals surface area (Å²) >= 11 is 0. The quantitative estimate of drug-likeness (QED) is 0.759. The molecule has 4 nitrogen and oxygen atoms in total. The first-order chi connectivity index (χ1) is 10.6. The van der Waals surface area contributed by atoms with E-state index in [0.717, 1.165) is 6.42 Å². The Morgan fingerprint density at radius 2 is 1.83 bits per heavy atom. The first kappa shape index (κ1) is 18.0. The minimum absolute atomic E-state index is 0.105. The average Bonchev–Trinajstić information content (AvgIpc) is 2.46. The molecule has 0 radical (unpaired) electrons. The smallest absolute Gasteiger partial charge is 0.339 e. The molecule has 5 heteroatoms. The maximum absolute atomic E-state index is 6.31. The molecular weight excluding hydrogens is 306 g/mol. The van der Waals surface area contributed by atoms with Crippen molar-refractivity contribution in [1.29, 1.82) is 0 Å². The summed E-state index contributed by atoms with van der Waals surface area (Å²) in [6.45, 7) is 13.0. The van der Waals surface area contributed by atoms with Crippen LogP contribution in [0.1, 0.15) is 45.6 Å². The highest BCUT2D eigenvalue weighted by molar-refractivity contribution is 6.73. The Kier molecular flexibility index (Phi) is 4.92. The fourth-order valence-electron chi connectivity index (χ4n) is 2.29. The standard InChI is InChI=1S/C18H30NO3Si/c1-17(2,3)23(6,7)22-19-14-16(13-18(4,20-5)21-19)15-11-9-8-10-12-15/h8-12,14,16H,13H2,1-7H3/q+1/t16-,18+/m0/s1. The van der Waals surface area contributed by atoms with E-state index in [0.29, 0.717) is 0 Å². The summed E-state index contributed by atoms with van der Waals surface area (Å²) in [6.07, 6.45) is 2.78. The molecule has 0 spiro atoms. The molecule has 0 aromatic heterocycles. The van der Waals surface area contributed by atoms with Gasteiger partial charge < -0.3 is 9.26 Å². The van der Waals surface area contributed by atoms with Gasteiger partial charge in [-0.25, -0.2) is 0 Å². The van der Waals surface area contributed by atoms with Crippen LogP contribution in [0.3, 0.4) is 0 Å². The Hall–Kier alpha value is -1.33. The molecule has 0 unspecified atom stereocenters. The van der Waals surface area contributed by atoms with Crippen LogP contribution in [-0.2, 0) is 14.1 Å². The first-order valence-electron chi connectivity index (χ1n) is 8.19. The minimum atomic E-state index is -1.98. The maximum Gasteiger partial charge on any atom is 0.351 e. The average molecular weight is 337 g/mol. The zero-order valence-electron chi connectivity index (χ0n) is 15.4. The SMILES string of the molecule is CO[C@@]1(C)C[C@H](c2ccccc2)C=[N+](O[Si](C)(C)C(C)(C)C)O1. The van der Waals surface area contributed by atoms with Crippen LogP contribution in [0.5, 0.6) is 0 Å². The van der Waals surface area contributed by atoms with E-state index in [1.165, 1.54) is 5.56 Å². The Balaban J connectivity index is 2.31. The molecule has 1 aliphatic rings. The van der Waals surface area contributed by atoms with Crippen LogP contribution >= 0.6 is 0 Å². The lowest BCUT2D eigenvalue weighted by molar-refractivity contribution is -0.968. The maximum atomic E-state index is 6.31. The van der Waals surface area contributed by atoms with E-state index >= 15 is 0 Å². The summed E-state index contributed by atoms with van der Waals surface area (Å²) < 4.78 is 11.9. The third-order valence-corrected chi connectivity index (χ3v) is 9.21. The Morgan fingerprint density at radius 3 is 2.35 bits per heavy atom. The molecule has 1 heterocycles. The largest absolute Gasteiger partial charge is 0.351 e. The van der Waals surface area contributed by atoms with Crippen LogP contribution < -0.4 is 0 Å². The van der Waals surface area contributed by atoms with Crippen molar-refractivity contribution >= 4 is 14.5 Å². The third kappa shape index (κ3) is 4.15. The van der Waals surface area contributed by atoms with E-state index in [9.17, 15) is 0 Å². The van der Waals surface area contributed by atoms with Gasteiger partial charge in [0, 0.05) is 20.5 Å². The Labute approximate surface area is 141 Å². The van der Waals surface area contributed by atoms with Crippen LogP contribution in [0.2, 0.25) is 18.1 Å². The predicted octanol–water partition coefficient (Wildman–Crippen LogP) is 4.49. The van der Waals surface area contributed by atoms with Gasteiger partial charge in [-0.1, -0.05) is 51.1 Å². The highest BCUT2D eigenvalue weighted by Gasteiger charge is 2.49. The fourth-order valence-corrected chi connectivity index (χ4v) is 3.11. The van der Waals surface area contributed by atoms with Crippen LogP contribution in [0.25, 0.3) is 0 Å². The van der Waals surface area contributed by atoms with E-state index < -0.39 is 14.1 Å². The molecule has 2 atom stereocenters. The number of methoxy groups -OCH3 is 1. The van der Waals surface area contributed by atoms with Gasteiger partial charge in [0.05, 0.1) is 5.92 Å². The first-order valence-corrected chi connectivity index (χ1v) is 11.1. The van der Waals surface area contributed by atoms with Gasteiger partial charge in [-0.15, -0.1) is 0 Å². The second-order valence-electron chi connectivity index (χ2n) is 7.94. The van der Waals surface area contributed by atoms with Gasteiger partial charge in [0.2, 0.25) is 0 Å². The van der Waals surface area contributed by atoms with Gasteiger partial charge in [-0.3, -0.25) is 0 Å². The van der Waals surface area contributed by atoms with Gasteiger partial charge in [-0.2, -0.15) is 4.84 Å². The molecule has 0 amide bonds. The van der Waals surface area contributed by atoms with Crippen LogP contribution in [0, 0.1) is 0 Å². The van der Waals surface area contributed by atoms with Crippen molar-refractivity contribution in [1.82, 2.24) is 0 Å². The molecule has 0 N–H and O–H groups in total. The lowest BCUT2D eigenvalue weighted by Crippen LogP contribution is -2.49. The van der Waals surface area contributed by atoms with Crippen molar-refractivity contribution in [2.24, 2.45) is 0 Å². The zero-order chi connectivity index (χ0) is 17.3. The Bertz CT molecular complexity index is 565. The highest BCUT2D eigenvalue weighted by atomic mass is 28.4.